The molecule has 0 saturated heterocycles. The zero-order valence-electron chi connectivity index (χ0n) is 17.1. The van der Waals surface area contributed by atoms with E-state index in [-0.39, 0.29) is 17.1 Å². The van der Waals surface area contributed by atoms with E-state index >= 15 is 0 Å². The molecular formula is C23H22N2O5S. The molecule has 0 unspecified atom stereocenters. The molecule has 0 atom stereocenters. The van der Waals surface area contributed by atoms with Gasteiger partial charge in [-0.2, -0.15) is 0 Å². The Labute approximate surface area is 179 Å². The molecule has 0 aliphatic carbocycles. The number of H-pyrrole nitrogens is 1. The first kappa shape index (κ1) is 20.9. The molecule has 2 aromatic heterocycles. The lowest BCUT2D eigenvalue weighted by molar-refractivity contribution is 0.298. The first-order valence-electron chi connectivity index (χ1n) is 9.67. The van der Waals surface area contributed by atoms with E-state index in [1.165, 1.54) is 10.6 Å². The first-order chi connectivity index (χ1) is 14.8. The third-order valence-electron chi connectivity index (χ3n) is 5.14. The Morgan fingerprint density at radius 3 is 2.58 bits per heavy atom. The molecule has 0 bridgehead atoms. The number of nitrogens with zero attached hydrogens (tertiary/aromatic N) is 1. The summed E-state index contributed by atoms with van der Waals surface area (Å²) in [6, 6.07) is 13.8. The van der Waals surface area contributed by atoms with Crippen LogP contribution in [0.25, 0.3) is 22.0 Å². The fourth-order valence-corrected chi connectivity index (χ4v) is 4.22. The van der Waals surface area contributed by atoms with Gasteiger partial charge in [0.15, 0.2) is 9.84 Å². The predicted molar refractivity (Wildman–Crippen MR) is 119 cm³/mol. The van der Waals surface area contributed by atoms with Crippen LogP contribution in [-0.2, 0) is 23.3 Å². The Morgan fingerprint density at radius 2 is 1.84 bits per heavy atom. The second-order valence-electron chi connectivity index (χ2n) is 7.34. The average Bonchev–Trinajstić information content (AvgIpc) is 3.22. The highest BCUT2D eigenvalue weighted by Gasteiger charge is 2.18. The van der Waals surface area contributed by atoms with Crippen molar-refractivity contribution in [2.24, 2.45) is 7.05 Å². The highest BCUT2D eigenvalue weighted by atomic mass is 32.2. The number of sulfone groups is 1. The number of benzene rings is 2. The number of ether oxygens (including phenoxy) is 1. The van der Waals surface area contributed by atoms with Crippen molar-refractivity contribution in [2.75, 3.05) is 12.9 Å². The number of rotatable bonds is 6. The van der Waals surface area contributed by atoms with Crippen LogP contribution in [0.5, 0.6) is 11.5 Å². The molecule has 8 heteroatoms. The largest absolute Gasteiger partial charge is 0.456 e. The molecule has 0 aliphatic rings. The zero-order valence-corrected chi connectivity index (χ0v) is 17.9. The Kier molecular flexibility index (Phi) is 5.43. The van der Waals surface area contributed by atoms with E-state index in [1.807, 2.05) is 18.2 Å². The molecule has 0 fully saturated rings. The summed E-state index contributed by atoms with van der Waals surface area (Å²) in [5.41, 5.74) is 2.28. The number of aliphatic hydroxyl groups is 1. The van der Waals surface area contributed by atoms with Crippen molar-refractivity contribution in [3.63, 3.8) is 0 Å². The van der Waals surface area contributed by atoms with Crippen LogP contribution in [0, 0.1) is 0 Å². The molecule has 4 rings (SSSR count). The van der Waals surface area contributed by atoms with Gasteiger partial charge < -0.3 is 19.4 Å². The number of fused-ring (bicyclic) bond motifs is 1. The number of aryl methyl sites for hydroxylation is 1. The maximum Gasteiger partial charge on any atom is 0.274 e. The highest BCUT2D eigenvalue weighted by Crippen LogP contribution is 2.38. The smallest absolute Gasteiger partial charge is 0.274 e. The minimum Gasteiger partial charge on any atom is -0.456 e. The van der Waals surface area contributed by atoms with Crippen LogP contribution in [0.15, 0.2) is 70.6 Å². The van der Waals surface area contributed by atoms with Gasteiger partial charge in [0.05, 0.1) is 4.90 Å². The number of hydrogen-bond donors (Lipinski definition) is 2. The van der Waals surface area contributed by atoms with Crippen LogP contribution in [-0.4, -0.2) is 35.9 Å². The Bertz CT molecular complexity index is 1430. The van der Waals surface area contributed by atoms with Crippen molar-refractivity contribution in [3.8, 4) is 22.6 Å². The van der Waals surface area contributed by atoms with Crippen LogP contribution < -0.4 is 10.3 Å². The van der Waals surface area contributed by atoms with Crippen molar-refractivity contribution < 1.29 is 18.3 Å². The quantitative estimate of drug-likeness (QED) is 0.481. The molecule has 31 heavy (non-hydrogen) atoms. The molecule has 2 heterocycles. The van der Waals surface area contributed by atoms with Crippen molar-refractivity contribution in [2.45, 2.75) is 11.3 Å². The number of aromatic nitrogens is 2. The van der Waals surface area contributed by atoms with Crippen LogP contribution in [0.3, 0.4) is 0 Å². The molecule has 0 spiro atoms. The van der Waals surface area contributed by atoms with Crippen molar-refractivity contribution in [1.82, 2.24) is 9.55 Å². The van der Waals surface area contributed by atoms with Gasteiger partial charge in [-0.05, 0) is 42.3 Å². The lowest BCUT2D eigenvalue weighted by Crippen LogP contribution is -2.16. The van der Waals surface area contributed by atoms with Gasteiger partial charge in [-0.15, -0.1) is 0 Å². The molecule has 2 N–H and O–H groups in total. The maximum atomic E-state index is 12.5. The van der Waals surface area contributed by atoms with Gasteiger partial charge in [0, 0.05) is 48.8 Å². The molecular weight excluding hydrogens is 416 g/mol. The van der Waals surface area contributed by atoms with Gasteiger partial charge in [-0.1, -0.05) is 18.2 Å². The number of aromatic amines is 1. The molecule has 7 nitrogen and oxygen atoms in total. The monoisotopic (exact) mass is 438 g/mol. The Balaban J connectivity index is 1.96. The third-order valence-corrected chi connectivity index (χ3v) is 6.25. The van der Waals surface area contributed by atoms with E-state index in [1.54, 1.807) is 43.7 Å². The highest BCUT2D eigenvalue weighted by molar-refractivity contribution is 7.90. The van der Waals surface area contributed by atoms with E-state index in [2.05, 4.69) is 4.98 Å². The van der Waals surface area contributed by atoms with Crippen molar-refractivity contribution in [3.05, 3.63) is 76.8 Å². The van der Waals surface area contributed by atoms with Crippen LogP contribution in [0.2, 0.25) is 0 Å². The standard InChI is InChI=1S/C23H22N2O5S/c1-25-14-19(17-9-11-24-22(17)23(25)27)18-13-16(31(2,28)29)7-8-21(18)30-20-6-4-3-5-15(20)10-12-26/h3-9,11,13-14,24,26H,10,12H2,1-2H3. The van der Waals surface area contributed by atoms with Gasteiger partial charge in [-0.3, -0.25) is 4.79 Å². The van der Waals surface area contributed by atoms with E-state index in [0.717, 1.165) is 11.8 Å². The van der Waals surface area contributed by atoms with Crippen molar-refractivity contribution >= 4 is 20.7 Å². The fourth-order valence-electron chi connectivity index (χ4n) is 3.57. The number of aliphatic hydroxyl groups excluding tert-OH is 1. The molecule has 2 aromatic carbocycles. The zero-order chi connectivity index (χ0) is 22.2. The van der Waals surface area contributed by atoms with Gasteiger partial charge in [0.2, 0.25) is 0 Å². The Morgan fingerprint density at radius 1 is 1.06 bits per heavy atom. The number of pyridine rings is 1. The second-order valence-corrected chi connectivity index (χ2v) is 9.35. The topological polar surface area (TPSA) is 101 Å². The molecule has 0 amide bonds. The third kappa shape index (κ3) is 3.99. The molecule has 0 aliphatic heterocycles. The summed E-state index contributed by atoms with van der Waals surface area (Å²) in [5, 5.41) is 10.0. The average molecular weight is 439 g/mol. The molecule has 0 saturated carbocycles. The normalized spacial score (nSPS) is 11.7. The van der Waals surface area contributed by atoms with E-state index < -0.39 is 9.84 Å². The van der Waals surface area contributed by atoms with Crippen LogP contribution in [0.4, 0.5) is 0 Å². The Hall–Kier alpha value is -3.36. The van der Waals surface area contributed by atoms with Crippen LogP contribution >= 0.6 is 0 Å². The minimum atomic E-state index is -3.46. The van der Waals surface area contributed by atoms with E-state index in [0.29, 0.717) is 39.9 Å². The summed E-state index contributed by atoms with van der Waals surface area (Å²) in [5.74, 6) is 1.01. The summed E-state index contributed by atoms with van der Waals surface area (Å²) in [4.78, 5) is 15.6. The lowest BCUT2D eigenvalue weighted by Gasteiger charge is -2.16. The summed E-state index contributed by atoms with van der Waals surface area (Å²) in [6.07, 6.45) is 4.92. The fraction of sp³-hybridized carbons (Fsp3) is 0.174. The number of nitrogens with one attached hydrogen (secondary N) is 1. The summed E-state index contributed by atoms with van der Waals surface area (Å²) < 4.78 is 32.1. The minimum absolute atomic E-state index is 0.0228. The van der Waals surface area contributed by atoms with Gasteiger partial charge in [0.25, 0.3) is 5.56 Å². The SMILES string of the molecule is Cn1cc(-c2cc(S(C)(=O)=O)ccc2Oc2ccccc2CCO)c2cc[nH]c2c1=O. The maximum absolute atomic E-state index is 12.5. The van der Waals surface area contributed by atoms with E-state index in [4.69, 9.17) is 4.74 Å². The molecule has 0 radical (unpaired) electrons. The van der Waals surface area contributed by atoms with Gasteiger partial charge in [0.1, 0.15) is 17.0 Å². The lowest BCUT2D eigenvalue weighted by atomic mass is 10.0. The van der Waals surface area contributed by atoms with E-state index in [9.17, 15) is 18.3 Å². The second kappa shape index (κ2) is 8.05. The first-order valence-corrected chi connectivity index (χ1v) is 11.6. The van der Waals surface area contributed by atoms with Gasteiger partial charge in [-0.25, -0.2) is 8.42 Å². The summed E-state index contributed by atoms with van der Waals surface area (Å²) in [6.45, 7) is -0.0228. The van der Waals surface area contributed by atoms with Crippen molar-refractivity contribution in [1.29, 1.82) is 0 Å². The predicted octanol–water partition coefficient (Wildman–Crippen LogP) is 3.26. The summed E-state index contributed by atoms with van der Waals surface area (Å²) in [7, 11) is -1.82. The summed E-state index contributed by atoms with van der Waals surface area (Å²) >= 11 is 0. The van der Waals surface area contributed by atoms with Crippen LogP contribution in [0.1, 0.15) is 5.56 Å². The number of hydrogen-bond acceptors (Lipinski definition) is 5. The number of para-hydroxylation sites is 1. The molecule has 160 valence electrons. The van der Waals surface area contributed by atoms with Gasteiger partial charge >= 0.3 is 0 Å². The molecule has 4 aromatic rings.